The molecule has 2 saturated carbocycles. The van der Waals surface area contributed by atoms with Gasteiger partial charge in [0, 0.05) is 0 Å². The molecular weight excluding hydrogens is 272 g/mol. The van der Waals surface area contributed by atoms with E-state index in [1.54, 1.807) is 7.11 Å². The van der Waals surface area contributed by atoms with E-state index in [1.165, 1.54) is 31.2 Å². The fraction of sp³-hybridized carbons (Fsp3) is 0.700. The summed E-state index contributed by atoms with van der Waals surface area (Å²) in [5.41, 5.74) is 1.66. The zero-order chi connectivity index (χ0) is 15.7. The van der Waals surface area contributed by atoms with Gasteiger partial charge in [-0.2, -0.15) is 0 Å². The van der Waals surface area contributed by atoms with E-state index < -0.39 is 0 Å². The summed E-state index contributed by atoms with van der Waals surface area (Å²) in [4.78, 5) is 0. The van der Waals surface area contributed by atoms with E-state index in [0.717, 1.165) is 18.6 Å². The topological polar surface area (TPSA) is 29.5 Å². The van der Waals surface area contributed by atoms with Gasteiger partial charge >= 0.3 is 0 Å². The highest BCUT2D eigenvalue weighted by atomic mass is 16.5. The summed E-state index contributed by atoms with van der Waals surface area (Å²) in [6.07, 6.45) is 6.88. The number of aliphatic hydroxyl groups is 1. The van der Waals surface area contributed by atoms with Gasteiger partial charge in [-0.25, -0.2) is 0 Å². The SMILES string of the molecule is CC[C@@H]1[C@H](c2ccc(OC)cc2)CC[C@]2(CC)[C@@H](O)CC[C@@H]12. The van der Waals surface area contributed by atoms with E-state index >= 15 is 0 Å². The maximum Gasteiger partial charge on any atom is 0.118 e. The molecule has 5 atom stereocenters. The summed E-state index contributed by atoms with van der Waals surface area (Å²) in [5, 5.41) is 10.6. The molecule has 122 valence electrons. The molecule has 2 heteroatoms. The zero-order valence-electron chi connectivity index (χ0n) is 14.2. The van der Waals surface area contributed by atoms with Crippen molar-refractivity contribution < 1.29 is 9.84 Å². The summed E-state index contributed by atoms with van der Waals surface area (Å²) in [7, 11) is 1.72. The van der Waals surface area contributed by atoms with E-state index in [4.69, 9.17) is 4.74 Å². The predicted molar refractivity (Wildman–Crippen MR) is 90.2 cm³/mol. The molecule has 0 aromatic heterocycles. The third kappa shape index (κ3) is 2.36. The van der Waals surface area contributed by atoms with Crippen LogP contribution in [0, 0.1) is 17.3 Å². The maximum atomic E-state index is 10.6. The molecular formula is C20H30O2. The zero-order valence-corrected chi connectivity index (χ0v) is 14.2. The smallest absolute Gasteiger partial charge is 0.118 e. The Morgan fingerprint density at radius 1 is 1.14 bits per heavy atom. The number of methoxy groups -OCH3 is 1. The molecule has 1 N–H and O–H groups in total. The van der Waals surface area contributed by atoms with Gasteiger partial charge in [0.25, 0.3) is 0 Å². The van der Waals surface area contributed by atoms with Crippen LogP contribution in [0.15, 0.2) is 24.3 Å². The third-order valence-corrected chi connectivity index (χ3v) is 6.78. The average Bonchev–Trinajstić information content (AvgIpc) is 2.91. The van der Waals surface area contributed by atoms with Gasteiger partial charge in [-0.3, -0.25) is 0 Å². The van der Waals surface area contributed by atoms with Crippen LogP contribution in [0.2, 0.25) is 0 Å². The maximum absolute atomic E-state index is 10.6. The third-order valence-electron chi connectivity index (χ3n) is 6.78. The first kappa shape index (κ1) is 15.9. The minimum Gasteiger partial charge on any atom is -0.497 e. The molecule has 1 aromatic rings. The molecule has 0 heterocycles. The van der Waals surface area contributed by atoms with E-state index in [-0.39, 0.29) is 11.5 Å². The Morgan fingerprint density at radius 3 is 2.45 bits per heavy atom. The molecule has 2 aliphatic carbocycles. The van der Waals surface area contributed by atoms with Crippen molar-refractivity contribution in [3.05, 3.63) is 29.8 Å². The fourth-order valence-corrected chi connectivity index (χ4v) is 5.58. The van der Waals surface area contributed by atoms with Crippen molar-refractivity contribution in [1.29, 1.82) is 0 Å². The van der Waals surface area contributed by atoms with Gasteiger partial charge in [0.1, 0.15) is 5.75 Å². The lowest BCUT2D eigenvalue weighted by atomic mass is 9.56. The van der Waals surface area contributed by atoms with E-state index in [2.05, 4.69) is 38.1 Å². The number of rotatable bonds is 4. The first-order valence-electron chi connectivity index (χ1n) is 8.98. The van der Waals surface area contributed by atoms with Crippen molar-refractivity contribution >= 4 is 0 Å². The summed E-state index contributed by atoms with van der Waals surface area (Å²) in [6.45, 7) is 4.61. The Bertz CT molecular complexity index is 495. The Kier molecular flexibility index (Phi) is 4.49. The summed E-state index contributed by atoms with van der Waals surface area (Å²) >= 11 is 0. The van der Waals surface area contributed by atoms with Crippen molar-refractivity contribution in [3.8, 4) is 5.75 Å². The van der Waals surface area contributed by atoms with Crippen molar-refractivity contribution in [2.45, 2.75) is 64.4 Å². The Balaban J connectivity index is 1.88. The molecule has 0 unspecified atom stereocenters. The van der Waals surface area contributed by atoms with Crippen LogP contribution < -0.4 is 4.74 Å². The Morgan fingerprint density at radius 2 is 1.86 bits per heavy atom. The highest BCUT2D eigenvalue weighted by Crippen LogP contribution is 2.60. The highest BCUT2D eigenvalue weighted by molar-refractivity contribution is 5.30. The molecule has 2 fully saturated rings. The molecule has 0 aliphatic heterocycles. The number of benzene rings is 1. The van der Waals surface area contributed by atoms with Crippen molar-refractivity contribution in [2.75, 3.05) is 7.11 Å². The van der Waals surface area contributed by atoms with Crippen LogP contribution in [0.3, 0.4) is 0 Å². The number of fused-ring (bicyclic) bond motifs is 1. The highest BCUT2D eigenvalue weighted by Gasteiger charge is 2.54. The van der Waals surface area contributed by atoms with Gasteiger partial charge in [-0.15, -0.1) is 0 Å². The van der Waals surface area contributed by atoms with Crippen LogP contribution in [-0.2, 0) is 0 Å². The van der Waals surface area contributed by atoms with E-state index in [1.807, 2.05) is 0 Å². The lowest BCUT2D eigenvalue weighted by Gasteiger charge is -2.49. The number of hydrogen-bond donors (Lipinski definition) is 1. The van der Waals surface area contributed by atoms with Crippen LogP contribution in [0.4, 0.5) is 0 Å². The number of ether oxygens (including phenoxy) is 1. The molecule has 0 bridgehead atoms. The number of hydrogen-bond acceptors (Lipinski definition) is 2. The summed E-state index contributed by atoms with van der Waals surface area (Å²) < 4.78 is 5.29. The van der Waals surface area contributed by atoms with Crippen molar-refractivity contribution in [3.63, 3.8) is 0 Å². The molecule has 0 saturated heterocycles. The predicted octanol–water partition coefficient (Wildman–Crippen LogP) is 4.77. The van der Waals surface area contributed by atoms with Crippen molar-refractivity contribution in [2.24, 2.45) is 17.3 Å². The molecule has 2 aliphatic rings. The van der Waals surface area contributed by atoms with Gasteiger partial charge in [0.05, 0.1) is 13.2 Å². The lowest BCUT2D eigenvalue weighted by Crippen LogP contribution is -2.44. The lowest BCUT2D eigenvalue weighted by molar-refractivity contribution is -0.0365. The van der Waals surface area contributed by atoms with Crippen LogP contribution in [0.5, 0.6) is 5.75 Å². The second-order valence-electron chi connectivity index (χ2n) is 7.28. The first-order valence-corrected chi connectivity index (χ1v) is 8.98. The summed E-state index contributed by atoms with van der Waals surface area (Å²) in [6, 6.07) is 8.67. The molecule has 3 rings (SSSR count). The minimum atomic E-state index is -0.0756. The fourth-order valence-electron chi connectivity index (χ4n) is 5.58. The quantitative estimate of drug-likeness (QED) is 0.868. The molecule has 1 aromatic carbocycles. The Hall–Kier alpha value is -1.02. The molecule has 2 nitrogen and oxygen atoms in total. The van der Waals surface area contributed by atoms with Crippen LogP contribution >= 0.6 is 0 Å². The van der Waals surface area contributed by atoms with Gasteiger partial charge in [0.2, 0.25) is 0 Å². The second-order valence-corrected chi connectivity index (χ2v) is 7.28. The molecule has 0 amide bonds. The van der Waals surface area contributed by atoms with Gasteiger partial charge in [-0.1, -0.05) is 32.4 Å². The largest absolute Gasteiger partial charge is 0.497 e. The van der Waals surface area contributed by atoms with Gasteiger partial charge in [0.15, 0.2) is 0 Å². The van der Waals surface area contributed by atoms with Crippen molar-refractivity contribution in [1.82, 2.24) is 0 Å². The summed E-state index contributed by atoms with van der Waals surface area (Å²) in [5.74, 6) is 2.98. The van der Waals surface area contributed by atoms with E-state index in [0.29, 0.717) is 17.8 Å². The standard InChI is InChI=1S/C20H30O2/c1-4-16-17(14-6-8-15(22-3)9-7-14)12-13-20(5-2)18(16)10-11-19(20)21/h6-9,16-19,21H,4-5,10-13H2,1-3H3/t16-,17+,18+,19+,20+/m1/s1. The molecule has 0 spiro atoms. The van der Waals surface area contributed by atoms with Gasteiger partial charge in [-0.05, 0) is 73.0 Å². The molecule has 0 radical (unpaired) electrons. The van der Waals surface area contributed by atoms with Crippen LogP contribution in [0.1, 0.15) is 63.9 Å². The average molecular weight is 302 g/mol. The normalized spacial score (nSPS) is 37.8. The Labute approximate surface area is 134 Å². The van der Waals surface area contributed by atoms with Gasteiger partial charge < -0.3 is 9.84 Å². The van der Waals surface area contributed by atoms with Crippen LogP contribution in [-0.4, -0.2) is 18.3 Å². The van der Waals surface area contributed by atoms with E-state index in [9.17, 15) is 5.11 Å². The first-order chi connectivity index (χ1) is 10.7. The second kappa shape index (κ2) is 6.23. The minimum absolute atomic E-state index is 0.0756. The van der Waals surface area contributed by atoms with Crippen LogP contribution in [0.25, 0.3) is 0 Å². The number of aliphatic hydroxyl groups excluding tert-OH is 1. The monoisotopic (exact) mass is 302 g/mol. The molecule has 22 heavy (non-hydrogen) atoms.